The number of rotatable bonds is 12. The van der Waals surface area contributed by atoms with E-state index < -0.39 is 0 Å². The van der Waals surface area contributed by atoms with Crippen molar-refractivity contribution in [3.8, 4) is 0 Å². The monoisotopic (exact) mass is 779 g/mol. The lowest BCUT2D eigenvalue weighted by atomic mass is 9.90. The molecule has 1 fully saturated rings. The van der Waals surface area contributed by atoms with E-state index in [-0.39, 0.29) is 0 Å². The summed E-state index contributed by atoms with van der Waals surface area (Å²) in [5.74, 6) is 5.29. The molecule has 2 aliphatic rings. The van der Waals surface area contributed by atoms with Crippen molar-refractivity contribution in [3.63, 3.8) is 0 Å². The summed E-state index contributed by atoms with van der Waals surface area (Å²) in [6, 6.07) is 28.1. The largest absolute Gasteiger partial charge is 0.322 e. The summed E-state index contributed by atoms with van der Waals surface area (Å²) < 4.78 is 0. The quantitative estimate of drug-likeness (QED) is 0.142. The molecule has 4 nitrogen and oxygen atoms in total. The number of nitrogens with zero attached hydrogens (tertiary/aromatic N) is 4. The van der Waals surface area contributed by atoms with Gasteiger partial charge in [-0.1, -0.05) is 184 Å². The van der Waals surface area contributed by atoms with Crippen LogP contribution < -0.4 is 19.6 Å². The van der Waals surface area contributed by atoms with Crippen LogP contribution in [0, 0.1) is 0 Å². The first-order valence-electron chi connectivity index (χ1n) is 22.5. The lowest BCUT2D eigenvalue weighted by molar-refractivity contribution is 0.803. The molecule has 0 N–H and O–H groups in total. The van der Waals surface area contributed by atoms with E-state index in [4.69, 9.17) is 0 Å². The molecule has 1 saturated heterocycles. The Hall–Kier alpha value is -4.44. The molecule has 310 valence electrons. The van der Waals surface area contributed by atoms with E-state index in [1.165, 1.54) is 78.9 Å². The van der Waals surface area contributed by atoms with Gasteiger partial charge in [0.2, 0.25) is 0 Å². The van der Waals surface area contributed by atoms with Gasteiger partial charge >= 0.3 is 0 Å². The lowest BCUT2D eigenvalue weighted by Gasteiger charge is -2.39. The number of para-hydroxylation sites is 4. The van der Waals surface area contributed by atoms with Crippen molar-refractivity contribution in [1.29, 1.82) is 0 Å². The van der Waals surface area contributed by atoms with Gasteiger partial charge in [0.25, 0.3) is 0 Å². The molecule has 0 bridgehead atoms. The van der Waals surface area contributed by atoms with Gasteiger partial charge in [0.15, 0.2) is 11.6 Å². The van der Waals surface area contributed by atoms with Crippen molar-refractivity contribution >= 4 is 22.7 Å². The zero-order valence-corrected chi connectivity index (χ0v) is 38.9. The maximum absolute atomic E-state index is 2.74. The summed E-state index contributed by atoms with van der Waals surface area (Å²) >= 11 is 0. The van der Waals surface area contributed by atoms with Gasteiger partial charge in [-0.3, -0.25) is 9.80 Å². The number of benzene rings is 4. The average Bonchev–Trinajstić information content (AvgIpc) is 3.80. The first kappa shape index (κ1) is 43.1. The summed E-state index contributed by atoms with van der Waals surface area (Å²) in [5, 5.41) is 0. The maximum Gasteiger partial charge on any atom is 0.164 e. The van der Waals surface area contributed by atoms with Crippen LogP contribution in [0.2, 0.25) is 0 Å². The maximum atomic E-state index is 2.74. The fourth-order valence-corrected chi connectivity index (χ4v) is 9.43. The van der Waals surface area contributed by atoms with Crippen LogP contribution in [0.15, 0.2) is 96.8 Å². The van der Waals surface area contributed by atoms with Crippen molar-refractivity contribution in [2.45, 2.75) is 158 Å². The SMILES string of the molecule is CC(C)c1cccc(C(C)C)c1N1C=CN(c2c(C(C)C)cccc2C(C)C)C1=C1N(c2c(C(C)C)cccc2C(C)C)CCN1c1c(C(C)C)cccc1C(C)C. The first-order chi connectivity index (χ1) is 27.5. The summed E-state index contributed by atoms with van der Waals surface area (Å²) in [5.41, 5.74) is 16.5. The average molecular weight is 779 g/mol. The fourth-order valence-electron chi connectivity index (χ4n) is 9.43. The Labute approximate surface area is 353 Å². The Morgan fingerprint density at radius 3 is 0.707 bits per heavy atom. The highest BCUT2D eigenvalue weighted by Gasteiger charge is 2.42. The van der Waals surface area contributed by atoms with Crippen LogP contribution >= 0.6 is 0 Å². The molecule has 58 heavy (non-hydrogen) atoms. The van der Waals surface area contributed by atoms with Crippen molar-refractivity contribution < 1.29 is 0 Å². The predicted octanol–water partition coefficient (Wildman–Crippen LogP) is 15.6. The summed E-state index contributed by atoms with van der Waals surface area (Å²) in [6.45, 7) is 39.6. The molecule has 0 aromatic heterocycles. The van der Waals surface area contributed by atoms with E-state index in [0.717, 1.165) is 13.1 Å². The zero-order chi connectivity index (χ0) is 42.3. The summed E-state index contributed by atoms with van der Waals surface area (Å²) in [6.07, 6.45) is 4.78. The topological polar surface area (TPSA) is 13.0 Å². The Kier molecular flexibility index (Phi) is 13.0. The second kappa shape index (κ2) is 17.4. The molecule has 0 unspecified atom stereocenters. The van der Waals surface area contributed by atoms with Crippen molar-refractivity contribution in [2.75, 3.05) is 32.7 Å². The predicted molar refractivity (Wildman–Crippen MR) is 254 cm³/mol. The molecular formula is C54H74N4. The van der Waals surface area contributed by atoms with Crippen LogP contribution in [0.3, 0.4) is 0 Å². The Morgan fingerprint density at radius 1 is 0.293 bits per heavy atom. The first-order valence-corrected chi connectivity index (χ1v) is 22.5. The highest BCUT2D eigenvalue weighted by atomic mass is 15.5. The van der Waals surface area contributed by atoms with E-state index >= 15 is 0 Å². The van der Waals surface area contributed by atoms with Gasteiger partial charge in [-0.15, -0.1) is 0 Å². The van der Waals surface area contributed by atoms with Crippen LogP contribution in [0.1, 0.15) is 203 Å². The fraction of sp³-hybridized carbons (Fsp3) is 0.481. The van der Waals surface area contributed by atoms with E-state index in [0.29, 0.717) is 47.3 Å². The van der Waals surface area contributed by atoms with Crippen molar-refractivity contribution in [3.05, 3.63) is 141 Å². The molecule has 0 aliphatic carbocycles. The zero-order valence-electron chi connectivity index (χ0n) is 38.9. The molecule has 6 rings (SSSR count). The normalized spacial score (nSPS) is 15.0. The number of anilines is 4. The van der Waals surface area contributed by atoms with Crippen molar-refractivity contribution in [2.24, 2.45) is 0 Å². The van der Waals surface area contributed by atoms with Gasteiger partial charge in [-0.25, -0.2) is 0 Å². The molecule has 0 atom stereocenters. The summed E-state index contributed by atoms with van der Waals surface area (Å²) in [4.78, 5) is 10.7. The van der Waals surface area contributed by atoms with Crippen LogP contribution in [-0.4, -0.2) is 13.1 Å². The number of hydrogen-bond donors (Lipinski definition) is 0. The van der Waals surface area contributed by atoms with Crippen molar-refractivity contribution in [1.82, 2.24) is 0 Å². The third-order valence-corrected chi connectivity index (χ3v) is 12.5. The molecule has 0 spiro atoms. The lowest BCUT2D eigenvalue weighted by Crippen LogP contribution is -2.36. The second-order valence-electron chi connectivity index (χ2n) is 19.4. The molecule has 0 saturated carbocycles. The molecule has 4 aromatic carbocycles. The minimum atomic E-state index is 0.343. The van der Waals surface area contributed by atoms with E-state index in [2.05, 4.69) is 216 Å². The highest BCUT2D eigenvalue weighted by Crippen LogP contribution is 2.50. The molecule has 2 heterocycles. The Bertz CT molecular complexity index is 1890. The highest BCUT2D eigenvalue weighted by molar-refractivity contribution is 5.83. The smallest absolute Gasteiger partial charge is 0.164 e. The van der Waals surface area contributed by atoms with Crippen LogP contribution in [0.4, 0.5) is 22.7 Å². The molecule has 4 aromatic rings. The van der Waals surface area contributed by atoms with E-state index in [9.17, 15) is 0 Å². The van der Waals surface area contributed by atoms with Gasteiger partial charge < -0.3 is 9.80 Å². The molecular weight excluding hydrogens is 705 g/mol. The van der Waals surface area contributed by atoms with Crippen LogP contribution in [0.25, 0.3) is 0 Å². The summed E-state index contributed by atoms with van der Waals surface area (Å²) in [7, 11) is 0. The van der Waals surface area contributed by atoms with Gasteiger partial charge in [0, 0.05) is 36.9 Å². The third-order valence-electron chi connectivity index (χ3n) is 12.5. The minimum absolute atomic E-state index is 0.343. The molecule has 2 aliphatic heterocycles. The second-order valence-corrected chi connectivity index (χ2v) is 19.4. The third kappa shape index (κ3) is 7.85. The molecule has 0 radical (unpaired) electrons. The van der Waals surface area contributed by atoms with Gasteiger partial charge in [0.1, 0.15) is 0 Å². The Balaban J connectivity index is 1.87. The Morgan fingerprint density at radius 2 is 0.500 bits per heavy atom. The van der Waals surface area contributed by atoms with Crippen LogP contribution in [0.5, 0.6) is 0 Å². The van der Waals surface area contributed by atoms with E-state index in [1.807, 2.05) is 0 Å². The van der Waals surface area contributed by atoms with Gasteiger partial charge in [0.05, 0.1) is 11.4 Å². The van der Waals surface area contributed by atoms with Crippen LogP contribution in [-0.2, 0) is 0 Å². The molecule has 0 amide bonds. The molecule has 4 heteroatoms. The minimum Gasteiger partial charge on any atom is -0.322 e. The van der Waals surface area contributed by atoms with E-state index in [1.54, 1.807) is 0 Å². The number of hydrogen-bond acceptors (Lipinski definition) is 4. The standard InChI is InChI=1S/C54H74N4/c1-33(2)41-21-17-22-42(34(3)4)49(41)55-29-30-56(50-43(35(5)6)23-18-24-44(50)36(7)8)53(55)54-57(51-45(37(9)10)25-19-26-46(51)38(11)12)31-32-58(54)52-47(39(13)14)27-20-28-48(52)40(15)16/h17-30,33-40H,31-32H2,1-16H3. The van der Waals surface area contributed by atoms with Gasteiger partial charge in [-0.05, 0) is 91.9 Å². The van der Waals surface area contributed by atoms with Gasteiger partial charge in [-0.2, -0.15) is 0 Å².